The molecule has 4 rings (SSSR count). The van der Waals surface area contributed by atoms with Gasteiger partial charge in [0.1, 0.15) is 6.33 Å². The summed E-state index contributed by atoms with van der Waals surface area (Å²) in [5.41, 5.74) is -0.208. The lowest BCUT2D eigenvalue weighted by atomic mass is 9.90. The van der Waals surface area contributed by atoms with Crippen LogP contribution in [0, 0.1) is 10.8 Å². The quantitative estimate of drug-likeness (QED) is 0.306. The average molecular weight is 505 g/mol. The molecule has 0 atom stereocenters. The summed E-state index contributed by atoms with van der Waals surface area (Å²) in [4.78, 5) is 8.08. The van der Waals surface area contributed by atoms with E-state index in [1.54, 1.807) is 6.07 Å². The highest BCUT2D eigenvalue weighted by Crippen LogP contribution is 2.37. The van der Waals surface area contributed by atoms with Crippen molar-refractivity contribution in [3.63, 3.8) is 0 Å². The van der Waals surface area contributed by atoms with Crippen LogP contribution in [0.25, 0.3) is 22.0 Å². The number of alkyl halides is 3. The highest BCUT2D eigenvalue weighted by atomic mass is 32.2. The molecule has 0 unspecified atom stereocenters. The number of rotatable bonds is 7. The molecular formula is C21H15F3N6O2S2. The second-order valence-electron chi connectivity index (χ2n) is 7.05. The third-order valence-electron chi connectivity index (χ3n) is 4.98. The third-order valence-corrected chi connectivity index (χ3v) is 7.03. The van der Waals surface area contributed by atoms with Gasteiger partial charge < -0.3 is 10.8 Å². The van der Waals surface area contributed by atoms with E-state index in [1.165, 1.54) is 36.8 Å². The number of fused-ring (bicyclic) bond motifs is 1. The molecule has 3 N–H and O–H groups in total. The predicted molar refractivity (Wildman–Crippen MR) is 123 cm³/mol. The Morgan fingerprint density at radius 3 is 2.44 bits per heavy atom. The second kappa shape index (κ2) is 8.91. The lowest BCUT2D eigenvalue weighted by molar-refractivity contribution is -0.137. The van der Waals surface area contributed by atoms with Gasteiger partial charge in [0.25, 0.3) is 10.0 Å². The van der Waals surface area contributed by atoms with Crippen molar-refractivity contribution in [2.75, 3.05) is 4.72 Å². The number of hydrogen-bond acceptors (Lipinski definition) is 8. The van der Waals surface area contributed by atoms with Gasteiger partial charge in [-0.05, 0) is 41.3 Å². The number of pyridine rings is 1. The topological polar surface area (TPSA) is 133 Å². The molecule has 0 aliphatic carbocycles. The molecule has 0 fully saturated rings. The lowest BCUT2D eigenvalue weighted by Gasteiger charge is -2.17. The van der Waals surface area contributed by atoms with Crippen molar-refractivity contribution in [2.45, 2.75) is 17.0 Å². The van der Waals surface area contributed by atoms with Gasteiger partial charge >= 0.3 is 6.18 Å². The van der Waals surface area contributed by atoms with Crippen molar-refractivity contribution in [3.8, 4) is 11.3 Å². The van der Waals surface area contributed by atoms with Crippen LogP contribution in [0.15, 0.2) is 59.9 Å². The van der Waals surface area contributed by atoms with Crippen LogP contribution in [0.4, 0.5) is 18.3 Å². The number of nitrogens with one attached hydrogen (secondary N) is 3. The Kier molecular flexibility index (Phi) is 6.15. The first-order chi connectivity index (χ1) is 16.1. The Labute approximate surface area is 195 Å². The fourth-order valence-electron chi connectivity index (χ4n) is 3.39. The van der Waals surface area contributed by atoms with Gasteiger partial charge in [-0.15, -0.1) is 0 Å². The molecule has 0 saturated heterocycles. The lowest BCUT2D eigenvalue weighted by Crippen LogP contribution is -2.12. The fourth-order valence-corrected chi connectivity index (χ4v) is 5.08. The minimum Gasteiger partial charge on any atom is -0.312 e. The van der Waals surface area contributed by atoms with Crippen LogP contribution in [-0.4, -0.2) is 35.2 Å². The van der Waals surface area contributed by atoms with Gasteiger partial charge in [-0.2, -0.15) is 17.5 Å². The number of benzene rings is 2. The molecule has 4 aromatic rings. The van der Waals surface area contributed by atoms with Crippen LogP contribution in [0.5, 0.6) is 0 Å². The molecule has 2 heterocycles. The van der Waals surface area contributed by atoms with E-state index in [4.69, 9.17) is 10.8 Å². The van der Waals surface area contributed by atoms with E-state index in [9.17, 15) is 21.6 Å². The highest BCUT2D eigenvalue weighted by Gasteiger charge is 2.32. The van der Waals surface area contributed by atoms with Crippen LogP contribution < -0.4 is 4.72 Å². The van der Waals surface area contributed by atoms with E-state index in [0.29, 0.717) is 22.0 Å². The maximum atomic E-state index is 13.3. The third kappa shape index (κ3) is 4.52. The van der Waals surface area contributed by atoms with Crippen molar-refractivity contribution < 1.29 is 21.6 Å². The molecule has 0 saturated carbocycles. The molecule has 2 aromatic carbocycles. The summed E-state index contributed by atoms with van der Waals surface area (Å²) >= 11 is 0.881. The SMILES string of the molecule is N=CC(C=N)c1cc(C(F)(F)F)ccc1-c1nccc2cc(S(=O)(=O)Nc3ncns3)ccc12. The molecule has 174 valence electrons. The minimum atomic E-state index is -4.60. The van der Waals surface area contributed by atoms with Crippen molar-refractivity contribution >= 4 is 49.9 Å². The Bertz CT molecular complexity index is 1480. The summed E-state index contributed by atoms with van der Waals surface area (Å²) in [5, 5.41) is 16.2. The molecular weight excluding hydrogens is 489 g/mol. The van der Waals surface area contributed by atoms with Crippen LogP contribution in [0.1, 0.15) is 17.0 Å². The van der Waals surface area contributed by atoms with Gasteiger partial charge in [0, 0.05) is 41.1 Å². The maximum Gasteiger partial charge on any atom is 0.416 e. The summed E-state index contributed by atoms with van der Waals surface area (Å²) in [6, 6.07) is 8.93. The molecule has 13 heteroatoms. The molecule has 0 radical (unpaired) electrons. The maximum absolute atomic E-state index is 13.3. The molecule has 0 spiro atoms. The van der Waals surface area contributed by atoms with Gasteiger partial charge in [-0.3, -0.25) is 9.71 Å². The molecule has 2 aromatic heterocycles. The van der Waals surface area contributed by atoms with E-state index in [0.717, 1.165) is 36.1 Å². The summed E-state index contributed by atoms with van der Waals surface area (Å²) < 4.78 is 71.4. The first-order valence-electron chi connectivity index (χ1n) is 9.55. The molecule has 8 nitrogen and oxygen atoms in total. The van der Waals surface area contributed by atoms with Crippen molar-refractivity contribution in [2.24, 2.45) is 0 Å². The average Bonchev–Trinajstić information content (AvgIpc) is 3.31. The van der Waals surface area contributed by atoms with Crippen LogP contribution in [-0.2, 0) is 16.2 Å². The first-order valence-corrected chi connectivity index (χ1v) is 11.8. The number of aromatic nitrogens is 3. The number of sulfonamides is 1. The van der Waals surface area contributed by atoms with Crippen molar-refractivity contribution in [1.82, 2.24) is 14.3 Å². The summed E-state index contributed by atoms with van der Waals surface area (Å²) in [6.07, 6.45) is -0.213. The highest BCUT2D eigenvalue weighted by molar-refractivity contribution is 7.93. The Hall–Kier alpha value is -3.71. The Balaban J connectivity index is 1.86. The first kappa shape index (κ1) is 23.4. The number of hydrogen-bond donors (Lipinski definition) is 3. The van der Waals surface area contributed by atoms with Gasteiger partial charge in [0.05, 0.1) is 22.1 Å². The van der Waals surface area contributed by atoms with Gasteiger partial charge in [-0.25, -0.2) is 13.4 Å². The van der Waals surface area contributed by atoms with Crippen molar-refractivity contribution in [1.29, 1.82) is 10.8 Å². The Morgan fingerprint density at radius 2 is 1.79 bits per heavy atom. The van der Waals surface area contributed by atoms with Crippen LogP contribution >= 0.6 is 11.5 Å². The van der Waals surface area contributed by atoms with Gasteiger partial charge in [0.2, 0.25) is 5.13 Å². The standard InChI is InChI=1S/C21H15F3N6O2S2/c22-21(23,24)14-1-3-17(18(8-14)13(9-25)10-26)19-16-4-2-15(7-12(16)5-6-27-19)34(31,32)30-20-28-11-29-33-20/h1-11,13,25-26H,(H,28,29,30). The number of halogens is 3. The van der Waals surface area contributed by atoms with Crippen LogP contribution in [0.2, 0.25) is 0 Å². The fraction of sp³-hybridized carbons (Fsp3) is 0.0952. The monoisotopic (exact) mass is 504 g/mol. The molecule has 0 amide bonds. The number of anilines is 1. The summed E-state index contributed by atoms with van der Waals surface area (Å²) in [5.74, 6) is -0.995. The largest absolute Gasteiger partial charge is 0.416 e. The molecule has 0 aliphatic heterocycles. The molecule has 34 heavy (non-hydrogen) atoms. The van der Waals surface area contributed by atoms with E-state index in [-0.39, 0.29) is 15.6 Å². The zero-order chi connectivity index (χ0) is 24.5. The summed E-state index contributed by atoms with van der Waals surface area (Å²) in [6.45, 7) is 0. The Morgan fingerprint density at radius 1 is 1.03 bits per heavy atom. The molecule has 0 aliphatic rings. The van der Waals surface area contributed by atoms with E-state index < -0.39 is 27.7 Å². The normalized spacial score (nSPS) is 12.9. The van der Waals surface area contributed by atoms with Gasteiger partial charge in [0.15, 0.2) is 0 Å². The number of nitrogens with zero attached hydrogens (tertiary/aromatic N) is 3. The molecule has 0 bridgehead atoms. The minimum absolute atomic E-state index is 0.0446. The van der Waals surface area contributed by atoms with Crippen molar-refractivity contribution in [3.05, 3.63) is 66.1 Å². The second-order valence-corrected chi connectivity index (χ2v) is 9.52. The predicted octanol–water partition coefficient (Wildman–Crippen LogP) is 4.96. The van der Waals surface area contributed by atoms with Crippen LogP contribution in [0.3, 0.4) is 0 Å². The van der Waals surface area contributed by atoms with Gasteiger partial charge in [-0.1, -0.05) is 12.1 Å². The zero-order valence-corrected chi connectivity index (χ0v) is 18.7. The summed E-state index contributed by atoms with van der Waals surface area (Å²) in [7, 11) is -3.95. The van der Waals surface area contributed by atoms with E-state index >= 15 is 0 Å². The van der Waals surface area contributed by atoms with E-state index in [2.05, 4.69) is 19.1 Å². The zero-order valence-electron chi connectivity index (χ0n) is 17.0. The smallest absolute Gasteiger partial charge is 0.312 e. The van der Waals surface area contributed by atoms with E-state index in [1.807, 2.05) is 0 Å².